The van der Waals surface area contributed by atoms with E-state index in [9.17, 15) is 0 Å². The van der Waals surface area contributed by atoms with Gasteiger partial charge in [-0.15, -0.1) is 0 Å². The van der Waals surface area contributed by atoms with Gasteiger partial charge in [0, 0.05) is 16.6 Å². The SMILES string of the molecule is CN(C)Cc1ccc(C2(N)CCCC2)cc1Br. The Morgan fingerprint density at radius 3 is 2.47 bits per heavy atom. The maximum Gasteiger partial charge on any atom is 0.0410 e. The molecule has 0 saturated heterocycles. The van der Waals surface area contributed by atoms with E-state index < -0.39 is 0 Å². The third-order valence-corrected chi connectivity index (χ3v) is 4.35. The van der Waals surface area contributed by atoms with Gasteiger partial charge in [-0.1, -0.05) is 40.9 Å². The topological polar surface area (TPSA) is 29.3 Å². The van der Waals surface area contributed by atoms with E-state index in [0.29, 0.717) is 0 Å². The number of hydrogen-bond acceptors (Lipinski definition) is 2. The number of benzene rings is 1. The van der Waals surface area contributed by atoms with Crippen molar-refractivity contribution in [3.8, 4) is 0 Å². The number of hydrogen-bond donors (Lipinski definition) is 1. The van der Waals surface area contributed by atoms with Crippen LogP contribution in [-0.4, -0.2) is 19.0 Å². The fourth-order valence-corrected chi connectivity index (χ4v) is 3.12. The maximum absolute atomic E-state index is 6.47. The van der Waals surface area contributed by atoms with Gasteiger partial charge in [0.15, 0.2) is 0 Å². The number of nitrogens with two attached hydrogens (primary N) is 1. The van der Waals surface area contributed by atoms with Crippen molar-refractivity contribution < 1.29 is 0 Å². The van der Waals surface area contributed by atoms with Crippen LogP contribution in [-0.2, 0) is 12.1 Å². The Labute approximate surface area is 112 Å². The molecule has 3 heteroatoms. The van der Waals surface area contributed by atoms with Gasteiger partial charge in [-0.05, 0) is 44.1 Å². The fourth-order valence-electron chi connectivity index (χ4n) is 2.62. The molecule has 1 aromatic rings. The third-order valence-electron chi connectivity index (χ3n) is 3.61. The molecule has 1 aliphatic rings. The summed E-state index contributed by atoms with van der Waals surface area (Å²) in [6, 6.07) is 6.62. The van der Waals surface area contributed by atoms with Crippen LogP contribution >= 0.6 is 15.9 Å². The van der Waals surface area contributed by atoms with Crippen LogP contribution in [0.4, 0.5) is 0 Å². The van der Waals surface area contributed by atoms with Crippen molar-refractivity contribution in [3.05, 3.63) is 33.8 Å². The first kappa shape index (κ1) is 13.1. The molecule has 2 nitrogen and oxygen atoms in total. The monoisotopic (exact) mass is 296 g/mol. The molecule has 0 aromatic heterocycles. The molecule has 1 aromatic carbocycles. The highest BCUT2D eigenvalue weighted by Crippen LogP contribution is 2.37. The molecule has 94 valence electrons. The third kappa shape index (κ3) is 2.90. The quantitative estimate of drug-likeness (QED) is 0.928. The second-order valence-corrected chi connectivity index (χ2v) is 6.26. The maximum atomic E-state index is 6.47. The van der Waals surface area contributed by atoms with Crippen LogP contribution in [0.5, 0.6) is 0 Å². The molecule has 0 radical (unpaired) electrons. The number of rotatable bonds is 3. The largest absolute Gasteiger partial charge is 0.321 e. The summed E-state index contributed by atoms with van der Waals surface area (Å²) in [6.45, 7) is 0.957. The summed E-state index contributed by atoms with van der Waals surface area (Å²) < 4.78 is 1.18. The minimum atomic E-state index is -0.0842. The van der Waals surface area contributed by atoms with Gasteiger partial charge >= 0.3 is 0 Å². The molecule has 1 fully saturated rings. The van der Waals surface area contributed by atoms with Crippen molar-refractivity contribution in [2.24, 2.45) is 5.73 Å². The van der Waals surface area contributed by atoms with Gasteiger partial charge in [0.1, 0.15) is 0 Å². The van der Waals surface area contributed by atoms with Crippen molar-refractivity contribution in [1.29, 1.82) is 0 Å². The minimum absolute atomic E-state index is 0.0842. The van der Waals surface area contributed by atoms with Crippen LogP contribution in [0.2, 0.25) is 0 Å². The zero-order chi connectivity index (χ0) is 12.5. The van der Waals surface area contributed by atoms with E-state index in [2.05, 4.69) is 53.1 Å². The van der Waals surface area contributed by atoms with Gasteiger partial charge in [-0.3, -0.25) is 0 Å². The lowest BCUT2D eigenvalue weighted by Gasteiger charge is -2.25. The van der Waals surface area contributed by atoms with E-state index in [1.165, 1.54) is 28.4 Å². The van der Waals surface area contributed by atoms with Crippen molar-refractivity contribution in [2.45, 2.75) is 37.8 Å². The summed E-state index contributed by atoms with van der Waals surface area (Å²) >= 11 is 3.66. The van der Waals surface area contributed by atoms with Crippen molar-refractivity contribution in [1.82, 2.24) is 4.90 Å². The van der Waals surface area contributed by atoms with E-state index in [-0.39, 0.29) is 5.54 Å². The first-order chi connectivity index (χ1) is 8.01. The standard InChI is InChI=1S/C14H21BrN2/c1-17(2)10-11-5-6-12(9-13(11)15)14(16)7-3-4-8-14/h5-6,9H,3-4,7-8,10,16H2,1-2H3. The van der Waals surface area contributed by atoms with Crippen LogP contribution in [0.3, 0.4) is 0 Å². The van der Waals surface area contributed by atoms with Crippen molar-refractivity contribution in [2.75, 3.05) is 14.1 Å². The van der Waals surface area contributed by atoms with Gasteiger partial charge in [-0.2, -0.15) is 0 Å². The predicted molar refractivity (Wildman–Crippen MR) is 75.9 cm³/mol. The van der Waals surface area contributed by atoms with Crippen LogP contribution < -0.4 is 5.73 Å². The number of halogens is 1. The molecule has 0 spiro atoms. The summed E-state index contributed by atoms with van der Waals surface area (Å²) in [7, 11) is 4.17. The van der Waals surface area contributed by atoms with E-state index in [0.717, 1.165) is 19.4 Å². The second-order valence-electron chi connectivity index (χ2n) is 5.41. The molecule has 0 heterocycles. The first-order valence-corrected chi connectivity index (χ1v) is 7.03. The Bertz CT molecular complexity index is 395. The lowest BCUT2D eigenvalue weighted by molar-refractivity contribution is 0.401. The van der Waals surface area contributed by atoms with Gasteiger partial charge in [-0.25, -0.2) is 0 Å². The molecule has 2 rings (SSSR count). The molecule has 0 amide bonds. The minimum Gasteiger partial charge on any atom is -0.321 e. The Kier molecular flexibility index (Phi) is 3.91. The summed E-state index contributed by atoms with van der Waals surface area (Å²) in [5.74, 6) is 0. The molecule has 0 unspecified atom stereocenters. The Hall–Kier alpha value is -0.380. The molecule has 0 atom stereocenters. The highest BCUT2D eigenvalue weighted by atomic mass is 79.9. The number of nitrogens with zero attached hydrogens (tertiary/aromatic N) is 1. The van der Waals surface area contributed by atoms with E-state index in [1.807, 2.05) is 0 Å². The van der Waals surface area contributed by atoms with Crippen LogP contribution in [0, 0.1) is 0 Å². The molecule has 1 aliphatic carbocycles. The van der Waals surface area contributed by atoms with Crippen LogP contribution in [0.15, 0.2) is 22.7 Å². The molecular formula is C14H21BrN2. The zero-order valence-corrected chi connectivity index (χ0v) is 12.3. The highest BCUT2D eigenvalue weighted by Gasteiger charge is 2.31. The summed E-state index contributed by atoms with van der Waals surface area (Å²) in [5.41, 5.74) is 8.99. The molecule has 0 aliphatic heterocycles. The van der Waals surface area contributed by atoms with Gasteiger partial charge in [0.25, 0.3) is 0 Å². The Morgan fingerprint density at radius 2 is 1.94 bits per heavy atom. The first-order valence-electron chi connectivity index (χ1n) is 6.24. The van der Waals surface area contributed by atoms with Crippen molar-refractivity contribution in [3.63, 3.8) is 0 Å². The normalized spacial score (nSPS) is 18.9. The summed E-state index contributed by atoms with van der Waals surface area (Å²) in [6.07, 6.45) is 4.75. The highest BCUT2D eigenvalue weighted by molar-refractivity contribution is 9.10. The molecule has 1 saturated carbocycles. The van der Waals surface area contributed by atoms with E-state index >= 15 is 0 Å². The Balaban J connectivity index is 2.24. The molecule has 0 bridgehead atoms. The molecule has 17 heavy (non-hydrogen) atoms. The van der Waals surface area contributed by atoms with Crippen LogP contribution in [0.1, 0.15) is 36.8 Å². The van der Waals surface area contributed by atoms with Gasteiger partial charge in [0.2, 0.25) is 0 Å². The summed E-state index contributed by atoms with van der Waals surface area (Å²) in [5, 5.41) is 0. The fraction of sp³-hybridized carbons (Fsp3) is 0.571. The Morgan fingerprint density at radius 1 is 1.29 bits per heavy atom. The molecular weight excluding hydrogens is 276 g/mol. The van der Waals surface area contributed by atoms with Crippen molar-refractivity contribution >= 4 is 15.9 Å². The average Bonchev–Trinajstić information content (AvgIpc) is 2.69. The second kappa shape index (κ2) is 5.09. The summed E-state index contributed by atoms with van der Waals surface area (Å²) in [4.78, 5) is 2.17. The molecule has 2 N–H and O–H groups in total. The smallest absolute Gasteiger partial charge is 0.0410 e. The van der Waals surface area contributed by atoms with Gasteiger partial charge in [0.05, 0.1) is 0 Å². The van der Waals surface area contributed by atoms with E-state index in [1.54, 1.807) is 0 Å². The van der Waals surface area contributed by atoms with Crippen LogP contribution in [0.25, 0.3) is 0 Å². The zero-order valence-electron chi connectivity index (χ0n) is 10.7. The van der Waals surface area contributed by atoms with Gasteiger partial charge < -0.3 is 10.6 Å². The lowest BCUT2D eigenvalue weighted by atomic mass is 9.89. The van der Waals surface area contributed by atoms with E-state index in [4.69, 9.17) is 5.73 Å². The predicted octanol–water partition coefficient (Wildman–Crippen LogP) is 3.24. The average molecular weight is 297 g/mol. The lowest BCUT2D eigenvalue weighted by Crippen LogP contribution is -2.33.